The molecule has 33 heavy (non-hydrogen) atoms. The average Bonchev–Trinajstić information content (AvgIpc) is 2.79. The molecule has 3 aromatic carbocycles. The number of nitrogens with zero attached hydrogens (tertiary/aromatic N) is 2. The van der Waals surface area contributed by atoms with Gasteiger partial charge in [0.05, 0.1) is 22.0 Å². The molecule has 0 amide bonds. The number of benzene rings is 3. The smallest absolute Gasteiger partial charge is 0.263 e. The van der Waals surface area contributed by atoms with Crippen LogP contribution in [0.4, 0.5) is 30.2 Å². The quantitative estimate of drug-likeness (QED) is 0.487. The maximum Gasteiger partial charge on any atom is 0.263 e. The topological polar surface area (TPSA) is 52.7 Å². The van der Waals surface area contributed by atoms with Crippen molar-refractivity contribution in [2.24, 2.45) is 0 Å². The number of piperazine rings is 1. The fourth-order valence-electron chi connectivity index (χ4n) is 3.76. The minimum absolute atomic E-state index is 0.107. The molecule has 0 unspecified atom stereocenters. The van der Waals surface area contributed by atoms with Crippen molar-refractivity contribution in [3.63, 3.8) is 0 Å². The van der Waals surface area contributed by atoms with Crippen LogP contribution >= 0.6 is 11.6 Å². The molecule has 1 aliphatic heterocycles. The second-order valence-electron chi connectivity index (χ2n) is 7.56. The second-order valence-corrected chi connectivity index (χ2v) is 9.68. The highest BCUT2D eigenvalue weighted by Crippen LogP contribution is 2.31. The van der Waals surface area contributed by atoms with Crippen molar-refractivity contribution in [3.05, 3.63) is 83.1 Å². The molecule has 174 valence electrons. The molecule has 1 N–H and O–H groups in total. The summed E-state index contributed by atoms with van der Waals surface area (Å²) in [6.45, 7) is 2.16. The van der Waals surface area contributed by atoms with E-state index in [9.17, 15) is 21.6 Å². The monoisotopic (exact) mass is 495 g/mol. The third-order valence-electron chi connectivity index (χ3n) is 5.46. The zero-order valence-corrected chi connectivity index (χ0v) is 19.0. The first-order valence-corrected chi connectivity index (χ1v) is 12.1. The van der Waals surface area contributed by atoms with Crippen LogP contribution in [0.1, 0.15) is 12.0 Å². The highest BCUT2D eigenvalue weighted by atomic mass is 35.5. The molecule has 4 rings (SSSR count). The van der Waals surface area contributed by atoms with Gasteiger partial charge in [-0.15, -0.1) is 0 Å². The van der Waals surface area contributed by atoms with E-state index in [0.717, 1.165) is 24.3 Å². The molecule has 0 radical (unpaired) electrons. The van der Waals surface area contributed by atoms with E-state index in [2.05, 4.69) is 4.72 Å². The van der Waals surface area contributed by atoms with Gasteiger partial charge in [0.1, 0.15) is 5.82 Å². The normalized spacial score (nSPS) is 14.6. The molecule has 10 heteroatoms. The predicted molar refractivity (Wildman–Crippen MR) is 124 cm³/mol. The number of nitrogens with one attached hydrogen (secondary N) is 1. The van der Waals surface area contributed by atoms with Gasteiger partial charge in [-0.05, 0) is 42.5 Å². The minimum Gasteiger partial charge on any atom is -0.366 e. The van der Waals surface area contributed by atoms with Gasteiger partial charge in [0.15, 0.2) is 0 Å². The number of alkyl halides is 2. The molecule has 0 spiro atoms. The summed E-state index contributed by atoms with van der Waals surface area (Å²) in [6, 6.07) is 16.0. The molecule has 1 heterocycles. The van der Waals surface area contributed by atoms with E-state index in [1.807, 2.05) is 9.80 Å². The fourth-order valence-corrected chi connectivity index (χ4v) is 4.99. The molecule has 0 bridgehead atoms. The Bertz CT molecular complexity index is 1230. The molecule has 0 saturated carbocycles. The Morgan fingerprint density at radius 3 is 2.06 bits per heavy atom. The van der Waals surface area contributed by atoms with Crippen molar-refractivity contribution in [2.75, 3.05) is 40.7 Å². The van der Waals surface area contributed by atoms with E-state index in [0.29, 0.717) is 48.3 Å². The number of halogens is 4. The highest BCUT2D eigenvalue weighted by Gasteiger charge is 2.23. The van der Waals surface area contributed by atoms with Crippen LogP contribution in [-0.4, -0.2) is 34.6 Å². The Morgan fingerprint density at radius 1 is 0.848 bits per heavy atom. The summed E-state index contributed by atoms with van der Waals surface area (Å²) in [6.07, 6.45) is -2.67. The third kappa shape index (κ3) is 5.20. The molecule has 1 aliphatic rings. The summed E-state index contributed by atoms with van der Waals surface area (Å²) in [4.78, 5) is 3.83. The van der Waals surface area contributed by atoms with E-state index in [-0.39, 0.29) is 16.3 Å². The average molecular weight is 496 g/mol. The van der Waals surface area contributed by atoms with E-state index in [1.54, 1.807) is 36.4 Å². The van der Waals surface area contributed by atoms with E-state index >= 15 is 0 Å². The van der Waals surface area contributed by atoms with Crippen molar-refractivity contribution < 1.29 is 21.6 Å². The first-order chi connectivity index (χ1) is 15.7. The van der Waals surface area contributed by atoms with Crippen LogP contribution in [0.25, 0.3) is 0 Å². The second kappa shape index (κ2) is 9.52. The molecular formula is C23H21ClF3N3O2S. The third-order valence-corrected chi connectivity index (χ3v) is 7.08. The van der Waals surface area contributed by atoms with Crippen molar-refractivity contribution in [1.29, 1.82) is 0 Å². The Morgan fingerprint density at radius 2 is 1.45 bits per heavy atom. The SMILES string of the molecule is O=S(=O)(Nc1ccccc1N1CCN(c2ccc(Cl)cc2F)CC1)c1ccc(C(F)F)cc1. The van der Waals surface area contributed by atoms with Gasteiger partial charge < -0.3 is 9.80 Å². The number of rotatable bonds is 6. The molecule has 0 aliphatic carbocycles. The zero-order valence-electron chi connectivity index (χ0n) is 17.4. The van der Waals surface area contributed by atoms with Gasteiger partial charge in [0, 0.05) is 36.8 Å². The molecule has 1 fully saturated rings. The standard InChI is InChI=1S/C23H21ClF3N3O2S/c24-17-7-10-21(19(25)15-17)29-11-13-30(14-12-29)22-4-2-1-3-20(22)28-33(31,32)18-8-5-16(6-9-18)23(26)27/h1-10,15,23,28H,11-14H2. The molecule has 0 atom stereocenters. The lowest BCUT2D eigenvalue weighted by atomic mass is 10.2. The largest absolute Gasteiger partial charge is 0.366 e. The predicted octanol–water partition coefficient (Wildman–Crippen LogP) is 5.54. The summed E-state index contributed by atoms with van der Waals surface area (Å²) in [5, 5.41) is 0.333. The van der Waals surface area contributed by atoms with Crippen LogP contribution in [0, 0.1) is 5.82 Å². The first kappa shape index (κ1) is 23.3. The zero-order chi connectivity index (χ0) is 23.6. The lowest BCUT2D eigenvalue weighted by Gasteiger charge is -2.38. The van der Waals surface area contributed by atoms with Crippen LogP contribution < -0.4 is 14.5 Å². The van der Waals surface area contributed by atoms with Gasteiger partial charge in [0.25, 0.3) is 16.4 Å². The van der Waals surface area contributed by atoms with Crippen molar-refractivity contribution in [3.8, 4) is 0 Å². The summed E-state index contributed by atoms with van der Waals surface area (Å²) < 4.78 is 68.1. The molecule has 0 aromatic heterocycles. The van der Waals surface area contributed by atoms with Crippen LogP contribution in [0.2, 0.25) is 5.02 Å². The fraction of sp³-hybridized carbons (Fsp3) is 0.217. The highest BCUT2D eigenvalue weighted by molar-refractivity contribution is 7.92. The Hall–Kier alpha value is -2.91. The van der Waals surface area contributed by atoms with Gasteiger partial charge in [0.2, 0.25) is 0 Å². The molecule has 3 aromatic rings. The van der Waals surface area contributed by atoms with Gasteiger partial charge in [-0.3, -0.25) is 4.72 Å². The Balaban J connectivity index is 1.50. The van der Waals surface area contributed by atoms with Crippen LogP contribution in [0.5, 0.6) is 0 Å². The van der Waals surface area contributed by atoms with Gasteiger partial charge in [-0.25, -0.2) is 21.6 Å². The van der Waals surface area contributed by atoms with E-state index in [1.165, 1.54) is 6.07 Å². The molecule has 5 nitrogen and oxygen atoms in total. The van der Waals surface area contributed by atoms with Crippen LogP contribution in [0.3, 0.4) is 0 Å². The van der Waals surface area contributed by atoms with Gasteiger partial charge >= 0.3 is 0 Å². The molecular weight excluding hydrogens is 475 g/mol. The number of anilines is 3. The maximum absolute atomic E-state index is 14.3. The van der Waals surface area contributed by atoms with Crippen LogP contribution in [-0.2, 0) is 10.0 Å². The van der Waals surface area contributed by atoms with Crippen molar-refractivity contribution >= 4 is 38.7 Å². The van der Waals surface area contributed by atoms with E-state index < -0.39 is 16.4 Å². The van der Waals surface area contributed by atoms with Gasteiger partial charge in [-0.2, -0.15) is 0 Å². The molecule has 1 saturated heterocycles. The number of hydrogen-bond acceptors (Lipinski definition) is 4. The maximum atomic E-state index is 14.3. The summed E-state index contributed by atoms with van der Waals surface area (Å²) in [5.41, 5.74) is 1.28. The van der Waals surface area contributed by atoms with E-state index in [4.69, 9.17) is 11.6 Å². The lowest BCUT2D eigenvalue weighted by Crippen LogP contribution is -2.47. The van der Waals surface area contributed by atoms with Crippen LogP contribution in [0.15, 0.2) is 71.6 Å². The number of sulfonamides is 1. The minimum atomic E-state index is -3.97. The number of hydrogen-bond donors (Lipinski definition) is 1. The first-order valence-electron chi connectivity index (χ1n) is 10.2. The lowest BCUT2D eigenvalue weighted by molar-refractivity contribution is 0.151. The Labute approximate surface area is 195 Å². The van der Waals surface area contributed by atoms with Gasteiger partial charge in [-0.1, -0.05) is 35.9 Å². The van der Waals surface area contributed by atoms with Crippen molar-refractivity contribution in [1.82, 2.24) is 0 Å². The summed E-state index contributed by atoms with van der Waals surface area (Å²) in [7, 11) is -3.97. The Kier molecular flexibility index (Phi) is 6.71. The number of para-hydroxylation sites is 2. The summed E-state index contributed by atoms with van der Waals surface area (Å²) >= 11 is 5.84. The van der Waals surface area contributed by atoms with Crippen molar-refractivity contribution in [2.45, 2.75) is 11.3 Å². The summed E-state index contributed by atoms with van der Waals surface area (Å²) in [5.74, 6) is -0.387.